The Bertz CT molecular complexity index is 296. The number of aliphatic hydroxyl groups excluding tert-OH is 1. The van der Waals surface area contributed by atoms with E-state index in [9.17, 15) is 9.50 Å². The van der Waals surface area contributed by atoms with Crippen molar-refractivity contribution in [2.45, 2.75) is 6.10 Å². The highest BCUT2D eigenvalue weighted by Crippen LogP contribution is 2.21. The maximum Gasteiger partial charge on any atom is 0.165 e. The summed E-state index contributed by atoms with van der Waals surface area (Å²) in [6.45, 7) is 0.0752. The number of aliphatic hydroxyl groups is 1. The standard InChI is InChI=1S/C9H12FNO2.ClH/c1-13-9-3-2-6(4-7(9)10)8(12)5-11;/h2-4,8,12H,5,11H2,1H3;1H/t8-;/m1./s1. The Hall–Kier alpha value is -0.840. The third kappa shape index (κ3) is 2.83. The van der Waals surface area contributed by atoms with Gasteiger partial charge in [0.15, 0.2) is 11.6 Å². The first-order valence-corrected chi connectivity index (χ1v) is 3.90. The molecule has 3 N–H and O–H groups in total. The van der Waals surface area contributed by atoms with Crippen LogP contribution in [0, 0.1) is 5.82 Å². The zero-order valence-corrected chi connectivity index (χ0v) is 8.55. The number of benzene rings is 1. The second kappa shape index (κ2) is 5.80. The summed E-state index contributed by atoms with van der Waals surface area (Å²) in [5.41, 5.74) is 5.68. The van der Waals surface area contributed by atoms with Crippen molar-refractivity contribution < 1.29 is 14.2 Å². The molecule has 1 aromatic rings. The van der Waals surface area contributed by atoms with Crippen LogP contribution in [0.5, 0.6) is 5.75 Å². The Kier molecular flexibility index (Phi) is 5.45. The summed E-state index contributed by atoms with van der Waals surface area (Å²) in [7, 11) is 1.39. The molecule has 5 heteroatoms. The summed E-state index contributed by atoms with van der Waals surface area (Å²) in [6.07, 6.45) is -0.819. The zero-order valence-electron chi connectivity index (χ0n) is 7.74. The van der Waals surface area contributed by atoms with Crippen LogP contribution >= 0.6 is 12.4 Å². The monoisotopic (exact) mass is 221 g/mol. The van der Waals surface area contributed by atoms with Crippen molar-refractivity contribution in [1.82, 2.24) is 0 Å². The van der Waals surface area contributed by atoms with Gasteiger partial charge in [0.2, 0.25) is 0 Å². The topological polar surface area (TPSA) is 55.5 Å². The smallest absolute Gasteiger partial charge is 0.165 e. The lowest BCUT2D eigenvalue weighted by Crippen LogP contribution is -2.11. The summed E-state index contributed by atoms with van der Waals surface area (Å²) in [5.74, 6) is -0.333. The Balaban J connectivity index is 0.00000169. The van der Waals surface area contributed by atoms with Crippen LogP contribution in [-0.2, 0) is 0 Å². The molecule has 3 nitrogen and oxygen atoms in total. The van der Waals surface area contributed by atoms with Gasteiger partial charge in [-0.15, -0.1) is 12.4 Å². The zero-order chi connectivity index (χ0) is 9.84. The fourth-order valence-corrected chi connectivity index (χ4v) is 1.03. The number of ether oxygens (including phenoxy) is 1. The first-order valence-electron chi connectivity index (χ1n) is 3.90. The van der Waals surface area contributed by atoms with Gasteiger partial charge in [0, 0.05) is 6.54 Å². The highest BCUT2D eigenvalue weighted by molar-refractivity contribution is 5.85. The van der Waals surface area contributed by atoms with Gasteiger partial charge >= 0.3 is 0 Å². The predicted molar refractivity (Wildman–Crippen MR) is 54.2 cm³/mol. The van der Waals surface area contributed by atoms with Crippen LogP contribution in [0.1, 0.15) is 11.7 Å². The molecule has 0 fully saturated rings. The summed E-state index contributed by atoms with van der Waals surface area (Å²) in [5, 5.41) is 9.28. The molecule has 1 rings (SSSR count). The molecule has 80 valence electrons. The summed E-state index contributed by atoms with van der Waals surface area (Å²) >= 11 is 0. The molecule has 0 bridgehead atoms. The maximum absolute atomic E-state index is 13.1. The average molecular weight is 222 g/mol. The molecule has 14 heavy (non-hydrogen) atoms. The van der Waals surface area contributed by atoms with E-state index in [1.165, 1.54) is 19.2 Å². The van der Waals surface area contributed by atoms with E-state index in [4.69, 9.17) is 10.5 Å². The van der Waals surface area contributed by atoms with Crippen molar-refractivity contribution >= 4 is 12.4 Å². The first-order chi connectivity index (χ1) is 6.19. The van der Waals surface area contributed by atoms with Crippen LogP contribution < -0.4 is 10.5 Å². The van der Waals surface area contributed by atoms with Gasteiger partial charge in [0.05, 0.1) is 13.2 Å². The number of hydrogen-bond donors (Lipinski definition) is 2. The lowest BCUT2D eigenvalue weighted by molar-refractivity contribution is 0.186. The van der Waals surface area contributed by atoms with Gasteiger partial charge < -0.3 is 15.6 Å². The van der Waals surface area contributed by atoms with Gasteiger partial charge in [-0.05, 0) is 17.7 Å². The molecule has 1 aromatic carbocycles. The SMILES string of the molecule is COc1ccc([C@H](O)CN)cc1F.Cl. The van der Waals surface area contributed by atoms with Crippen molar-refractivity contribution in [3.63, 3.8) is 0 Å². The van der Waals surface area contributed by atoms with Gasteiger partial charge in [0.1, 0.15) is 0 Å². The molecule has 0 unspecified atom stereocenters. The van der Waals surface area contributed by atoms with Gasteiger partial charge in [0.25, 0.3) is 0 Å². The first kappa shape index (κ1) is 13.2. The fourth-order valence-electron chi connectivity index (χ4n) is 1.03. The third-order valence-electron chi connectivity index (χ3n) is 1.78. The molecule has 0 aromatic heterocycles. The van der Waals surface area contributed by atoms with Crippen molar-refractivity contribution in [2.75, 3.05) is 13.7 Å². The van der Waals surface area contributed by atoms with Crippen molar-refractivity contribution in [1.29, 1.82) is 0 Å². The summed E-state index contributed by atoms with van der Waals surface area (Å²) in [6, 6.07) is 4.26. The summed E-state index contributed by atoms with van der Waals surface area (Å²) in [4.78, 5) is 0. The van der Waals surface area contributed by atoms with Crippen LogP contribution in [0.25, 0.3) is 0 Å². The second-order valence-electron chi connectivity index (χ2n) is 2.65. The molecule has 0 radical (unpaired) electrons. The number of hydrogen-bond acceptors (Lipinski definition) is 3. The molecule has 0 saturated heterocycles. The number of methoxy groups -OCH3 is 1. The fraction of sp³-hybridized carbons (Fsp3) is 0.333. The van der Waals surface area contributed by atoms with E-state index in [1.807, 2.05) is 0 Å². The van der Waals surface area contributed by atoms with Crippen LogP contribution in [-0.4, -0.2) is 18.8 Å². The van der Waals surface area contributed by atoms with E-state index in [2.05, 4.69) is 0 Å². The van der Waals surface area contributed by atoms with E-state index in [0.29, 0.717) is 5.56 Å². The molecule has 0 aliphatic carbocycles. The molecular weight excluding hydrogens is 209 g/mol. The summed E-state index contributed by atoms with van der Waals surface area (Å²) < 4.78 is 17.8. The quantitative estimate of drug-likeness (QED) is 0.808. The van der Waals surface area contributed by atoms with Gasteiger partial charge in [-0.2, -0.15) is 0 Å². The average Bonchev–Trinajstić information content (AvgIpc) is 2.16. The molecule has 1 atom stereocenters. The van der Waals surface area contributed by atoms with E-state index < -0.39 is 11.9 Å². The minimum absolute atomic E-state index is 0. The minimum Gasteiger partial charge on any atom is -0.494 e. The van der Waals surface area contributed by atoms with Gasteiger partial charge in [-0.3, -0.25) is 0 Å². The van der Waals surface area contributed by atoms with E-state index in [1.54, 1.807) is 6.07 Å². The molecule has 0 amide bonds. The van der Waals surface area contributed by atoms with Crippen LogP contribution in [0.3, 0.4) is 0 Å². The minimum atomic E-state index is -0.819. The lowest BCUT2D eigenvalue weighted by Gasteiger charge is -2.09. The number of halogens is 2. The van der Waals surface area contributed by atoms with Crippen LogP contribution in [0.4, 0.5) is 4.39 Å². The van der Waals surface area contributed by atoms with E-state index in [-0.39, 0.29) is 24.7 Å². The molecule has 0 aliphatic rings. The highest BCUT2D eigenvalue weighted by Gasteiger charge is 2.08. The maximum atomic E-state index is 13.1. The van der Waals surface area contributed by atoms with Gasteiger partial charge in [-0.1, -0.05) is 6.07 Å². The van der Waals surface area contributed by atoms with Crippen LogP contribution in [0.2, 0.25) is 0 Å². The third-order valence-corrected chi connectivity index (χ3v) is 1.78. The molecule has 0 spiro atoms. The Labute approximate surface area is 88.1 Å². The molecule has 0 heterocycles. The van der Waals surface area contributed by atoms with Gasteiger partial charge in [-0.25, -0.2) is 4.39 Å². The normalized spacial score (nSPS) is 11.7. The van der Waals surface area contributed by atoms with E-state index >= 15 is 0 Å². The van der Waals surface area contributed by atoms with Crippen molar-refractivity contribution in [3.8, 4) is 5.75 Å². The molecule has 0 saturated carbocycles. The lowest BCUT2D eigenvalue weighted by atomic mass is 10.1. The second-order valence-corrected chi connectivity index (χ2v) is 2.65. The van der Waals surface area contributed by atoms with Crippen molar-refractivity contribution in [3.05, 3.63) is 29.6 Å². The van der Waals surface area contributed by atoms with Crippen LogP contribution in [0.15, 0.2) is 18.2 Å². The van der Waals surface area contributed by atoms with E-state index in [0.717, 1.165) is 0 Å². The number of rotatable bonds is 3. The highest BCUT2D eigenvalue weighted by atomic mass is 35.5. The Morgan fingerprint density at radius 1 is 1.57 bits per heavy atom. The van der Waals surface area contributed by atoms with Crippen molar-refractivity contribution in [2.24, 2.45) is 5.73 Å². The Morgan fingerprint density at radius 3 is 2.64 bits per heavy atom. The predicted octanol–water partition coefficient (Wildman–Crippen LogP) is 1.25. The molecule has 0 aliphatic heterocycles. The Morgan fingerprint density at radius 2 is 2.21 bits per heavy atom. The molecular formula is C9H13ClFNO2. The number of nitrogens with two attached hydrogens (primary N) is 1. The largest absolute Gasteiger partial charge is 0.494 e.